The molecule has 4 aromatic heterocycles. The van der Waals surface area contributed by atoms with Crippen LogP contribution in [0.2, 0.25) is 0 Å². The van der Waals surface area contributed by atoms with Gasteiger partial charge in [0, 0.05) is 31.0 Å². The Hall–Kier alpha value is -3.82. The number of carbonyl (C=O) groups excluding carboxylic acids is 1. The highest BCUT2D eigenvalue weighted by atomic mass is 19.1. The predicted molar refractivity (Wildman–Crippen MR) is 110 cm³/mol. The zero-order valence-electron chi connectivity index (χ0n) is 16.8. The molecule has 10 heteroatoms. The van der Waals surface area contributed by atoms with Gasteiger partial charge in [0.2, 0.25) is 11.9 Å². The van der Waals surface area contributed by atoms with Crippen LogP contribution in [0, 0.1) is 12.9 Å². The van der Waals surface area contributed by atoms with Crippen molar-refractivity contribution in [3.63, 3.8) is 0 Å². The molecule has 0 radical (unpaired) electrons. The zero-order valence-corrected chi connectivity index (χ0v) is 16.8. The highest BCUT2D eigenvalue weighted by molar-refractivity contribution is 5.95. The number of hydrogen-bond donors (Lipinski definition) is 1. The van der Waals surface area contributed by atoms with Crippen molar-refractivity contribution in [2.24, 2.45) is 0 Å². The Labute approximate surface area is 176 Å². The number of fused-ring (bicyclic) bond motifs is 1. The van der Waals surface area contributed by atoms with E-state index in [2.05, 4.69) is 20.2 Å². The van der Waals surface area contributed by atoms with Crippen LogP contribution in [0.25, 0.3) is 11.5 Å². The third-order valence-electron chi connectivity index (χ3n) is 5.84. The Morgan fingerprint density at radius 2 is 2.03 bits per heavy atom. The van der Waals surface area contributed by atoms with E-state index in [-0.39, 0.29) is 23.3 Å². The summed E-state index contributed by atoms with van der Waals surface area (Å²) in [7, 11) is 0. The molecule has 31 heavy (non-hydrogen) atoms. The van der Waals surface area contributed by atoms with Gasteiger partial charge in [-0.25, -0.2) is 14.2 Å². The van der Waals surface area contributed by atoms with Crippen LogP contribution < -0.4 is 5.56 Å². The quantitative estimate of drug-likeness (QED) is 0.511. The van der Waals surface area contributed by atoms with Crippen molar-refractivity contribution >= 4 is 11.4 Å². The van der Waals surface area contributed by atoms with Crippen molar-refractivity contribution in [2.45, 2.75) is 25.7 Å². The number of nitrogens with zero attached hydrogens (tertiary/aromatic N) is 6. The van der Waals surface area contributed by atoms with E-state index in [1.54, 1.807) is 42.3 Å². The summed E-state index contributed by atoms with van der Waals surface area (Å²) in [6.45, 7) is 2.80. The summed E-state index contributed by atoms with van der Waals surface area (Å²) < 4.78 is 16.9. The van der Waals surface area contributed by atoms with Crippen molar-refractivity contribution < 1.29 is 9.18 Å². The van der Waals surface area contributed by atoms with Gasteiger partial charge in [0.05, 0.1) is 17.5 Å². The van der Waals surface area contributed by atoms with Crippen LogP contribution in [0.5, 0.6) is 0 Å². The van der Waals surface area contributed by atoms with Gasteiger partial charge in [-0.15, -0.1) is 5.10 Å². The Morgan fingerprint density at radius 3 is 2.81 bits per heavy atom. The number of likely N-dealkylation sites (tertiary alicyclic amines) is 1. The summed E-state index contributed by atoms with van der Waals surface area (Å²) in [4.78, 5) is 33.5. The monoisotopic (exact) mass is 421 g/mol. The number of aromatic amines is 1. The number of H-pyrrole nitrogens is 1. The van der Waals surface area contributed by atoms with Gasteiger partial charge in [-0.3, -0.25) is 14.6 Å². The first-order valence-electron chi connectivity index (χ1n) is 10.1. The lowest BCUT2D eigenvalue weighted by Crippen LogP contribution is -2.38. The molecule has 1 saturated heterocycles. The number of halogens is 1. The second kappa shape index (κ2) is 7.46. The van der Waals surface area contributed by atoms with Crippen molar-refractivity contribution in [1.82, 2.24) is 34.3 Å². The van der Waals surface area contributed by atoms with Gasteiger partial charge in [-0.2, -0.15) is 9.49 Å². The number of carbonyl (C=O) groups is 1. The van der Waals surface area contributed by atoms with E-state index < -0.39 is 5.95 Å². The van der Waals surface area contributed by atoms with Crippen LogP contribution in [-0.2, 0) is 0 Å². The number of amides is 1. The van der Waals surface area contributed by atoms with Gasteiger partial charge >= 0.3 is 0 Å². The van der Waals surface area contributed by atoms with E-state index in [9.17, 15) is 14.0 Å². The van der Waals surface area contributed by atoms with Gasteiger partial charge in [0.15, 0.2) is 0 Å². The molecular formula is C21H20FN7O2. The van der Waals surface area contributed by atoms with Gasteiger partial charge in [0.1, 0.15) is 5.52 Å². The minimum atomic E-state index is -0.439. The molecule has 9 nitrogen and oxygen atoms in total. The molecule has 1 amide bonds. The normalized spacial score (nSPS) is 15.0. The number of hydrogen-bond acceptors (Lipinski definition) is 5. The van der Waals surface area contributed by atoms with Crippen LogP contribution >= 0.6 is 0 Å². The highest BCUT2D eigenvalue weighted by Crippen LogP contribution is 2.30. The van der Waals surface area contributed by atoms with E-state index >= 15 is 0 Å². The molecule has 0 saturated carbocycles. The molecule has 0 aromatic carbocycles. The first-order valence-corrected chi connectivity index (χ1v) is 10.1. The lowest BCUT2D eigenvalue weighted by atomic mass is 9.90. The highest BCUT2D eigenvalue weighted by Gasteiger charge is 2.28. The maximum absolute atomic E-state index is 14.0. The average molecular weight is 421 g/mol. The van der Waals surface area contributed by atoms with E-state index in [4.69, 9.17) is 0 Å². The largest absolute Gasteiger partial charge is 0.338 e. The van der Waals surface area contributed by atoms with E-state index in [0.717, 1.165) is 0 Å². The van der Waals surface area contributed by atoms with Gasteiger partial charge in [-0.05, 0) is 43.9 Å². The van der Waals surface area contributed by atoms with Gasteiger partial charge < -0.3 is 4.90 Å². The van der Waals surface area contributed by atoms with Crippen LogP contribution in [0.3, 0.4) is 0 Å². The maximum Gasteiger partial charge on any atom is 0.276 e. The Bertz CT molecular complexity index is 1330. The SMILES string of the molecule is Cc1c(C(=O)N2CCC(c3cccnc3F)CC2)cnn1-c1nn2cccc2c(=O)[nH]1. The van der Waals surface area contributed by atoms with Gasteiger partial charge in [-0.1, -0.05) is 6.07 Å². The van der Waals surface area contributed by atoms with Crippen LogP contribution in [0.15, 0.2) is 47.7 Å². The van der Waals surface area contributed by atoms with E-state index in [1.807, 2.05) is 0 Å². The fourth-order valence-corrected chi connectivity index (χ4v) is 4.13. The summed E-state index contributed by atoms with van der Waals surface area (Å²) in [5.74, 6) is -0.302. The molecule has 0 atom stereocenters. The minimum Gasteiger partial charge on any atom is -0.338 e. The molecule has 5 rings (SSSR count). The Kier molecular flexibility index (Phi) is 4.61. The Balaban J connectivity index is 1.36. The molecule has 0 unspecified atom stereocenters. The summed E-state index contributed by atoms with van der Waals surface area (Å²) in [6, 6.07) is 6.89. The number of aromatic nitrogens is 6. The molecule has 0 spiro atoms. The standard InChI is InChI=1S/C21H20FN7O2/c1-13-16(12-24-29(13)21-25-19(30)17-5-3-9-28(17)26-21)20(31)27-10-6-14(7-11-27)15-4-2-8-23-18(15)22/h2-5,8-9,12,14H,6-7,10-11H2,1H3,(H,25,26,30). The molecule has 4 aromatic rings. The van der Waals surface area contributed by atoms with Crippen molar-refractivity contribution in [3.05, 3.63) is 76.0 Å². The number of piperidine rings is 1. The smallest absolute Gasteiger partial charge is 0.276 e. The average Bonchev–Trinajstić information content (AvgIpc) is 3.40. The fraction of sp³-hybridized carbons (Fsp3) is 0.286. The predicted octanol–water partition coefficient (Wildman–Crippen LogP) is 2.07. The summed E-state index contributed by atoms with van der Waals surface area (Å²) in [5, 5.41) is 8.63. The molecule has 1 aliphatic heterocycles. The summed E-state index contributed by atoms with van der Waals surface area (Å²) in [6.07, 6.45) is 5.94. The number of pyridine rings is 1. The number of rotatable bonds is 3. The number of nitrogens with one attached hydrogen (secondary N) is 1. The van der Waals surface area contributed by atoms with E-state index in [1.165, 1.54) is 21.6 Å². The molecule has 1 N–H and O–H groups in total. The molecular weight excluding hydrogens is 401 g/mol. The molecule has 0 bridgehead atoms. The van der Waals surface area contributed by atoms with Crippen molar-refractivity contribution in [1.29, 1.82) is 0 Å². The molecule has 158 valence electrons. The zero-order chi connectivity index (χ0) is 21.5. The first kappa shape index (κ1) is 19.2. The molecule has 1 fully saturated rings. The minimum absolute atomic E-state index is 0.0455. The van der Waals surface area contributed by atoms with Crippen molar-refractivity contribution in [2.75, 3.05) is 13.1 Å². The first-order chi connectivity index (χ1) is 15.0. The van der Waals surface area contributed by atoms with Crippen molar-refractivity contribution in [3.8, 4) is 5.95 Å². The molecule has 1 aliphatic rings. The van der Waals surface area contributed by atoms with E-state index in [0.29, 0.717) is 48.3 Å². The second-order valence-electron chi connectivity index (χ2n) is 7.62. The van der Waals surface area contributed by atoms with Crippen LogP contribution in [0.1, 0.15) is 40.4 Å². The molecule has 5 heterocycles. The van der Waals surface area contributed by atoms with Crippen LogP contribution in [0.4, 0.5) is 4.39 Å². The third-order valence-corrected chi connectivity index (χ3v) is 5.84. The summed E-state index contributed by atoms with van der Waals surface area (Å²) in [5.41, 5.74) is 1.77. The molecule has 0 aliphatic carbocycles. The maximum atomic E-state index is 14.0. The third kappa shape index (κ3) is 3.29. The van der Waals surface area contributed by atoms with Crippen LogP contribution in [-0.4, -0.2) is 53.3 Å². The summed E-state index contributed by atoms with van der Waals surface area (Å²) >= 11 is 0. The van der Waals surface area contributed by atoms with Gasteiger partial charge in [0.25, 0.3) is 11.5 Å². The topological polar surface area (TPSA) is 101 Å². The Morgan fingerprint density at radius 1 is 1.23 bits per heavy atom. The lowest BCUT2D eigenvalue weighted by molar-refractivity contribution is 0.0711. The second-order valence-corrected chi connectivity index (χ2v) is 7.62. The lowest BCUT2D eigenvalue weighted by Gasteiger charge is -2.32. The fourth-order valence-electron chi connectivity index (χ4n) is 4.13.